The number of aliphatic hydroxyl groups excluding tert-OH is 1. The maximum atomic E-state index is 14.1. The van der Waals surface area contributed by atoms with Gasteiger partial charge in [-0.15, -0.1) is 0 Å². The van der Waals surface area contributed by atoms with Crippen LogP contribution in [0.2, 0.25) is 0 Å². The summed E-state index contributed by atoms with van der Waals surface area (Å²) in [5.41, 5.74) is -2.29. The molecule has 1 amide bonds. The number of hydrogen-bond donors (Lipinski definition) is 3. The fraction of sp³-hybridized carbons (Fsp3) is 0.588. The summed E-state index contributed by atoms with van der Waals surface area (Å²) >= 11 is 0. The Morgan fingerprint density at radius 1 is 1.37 bits per heavy atom. The summed E-state index contributed by atoms with van der Waals surface area (Å²) < 4.78 is 42.8. The number of piperidine rings is 1. The SMILES string of the molecule is C[C@]1(O)CC2(CCN(C(=O)c3cc(S(N)(=O)=O)ccc3F)CC2)OC[C@@H]1O. The normalized spacial score (nSPS) is 28.3. The van der Waals surface area contributed by atoms with Crippen molar-refractivity contribution in [1.29, 1.82) is 0 Å². The second-order valence-electron chi connectivity index (χ2n) is 7.52. The third-order valence-electron chi connectivity index (χ3n) is 5.40. The summed E-state index contributed by atoms with van der Waals surface area (Å²) in [7, 11) is -4.06. The van der Waals surface area contributed by atoms with Crippen LogP contribution in [0.3, 0.4) is 0 Å². The van der Waals surface area contributed by atoms with Crippen LogP contribution in [0.1, 0.15) is 36.5 Å². The molecule has 1 spiro atoms. The van der Waals surface area contributed by atoms with E-state index in [0.29, 0.717) is 12.8 Å². The highest BCUT2D eigenvalue weighted by molar-refractivity contribution is 7.89. The van der Waals surface area contributed by atoms with Gasteiger partial charge >= 0.3 is 0 Å². The first-order valence-corrected chi connectivity index (χ1v) is 10.1. The minimum atomic E-state index is -4.06. The van der Waals surface area contributed by atoms with Gasteiger partial charge in [-0.2, -0.15) is 0 Å². The van der Waals surface area contributed by atoms with Crippen molar-refractivity contribution in [2.45, 2.75) is 48.4 Å². The Hall–Kier alpha value is -1.59. The number of nitrogens with two attached hydrogens (primary N) is 1. The number of benzene rings is 1. The Labute approximate surface area is 156 Å². The predicted octanol–water partition coefficient (Wildman–Crippen LogP) is -0.0199. The first kappa shape index (κ1) is 20.2. The van der Waals surface area contributed by atoms with Crippen LogP contribution < -0.4 is 5.14 Å². The van der Waals surface area contributed by atoms with Gasteiger partial charge in [0.15, 0.2) is 0 Å². The Morgan fingerprint density at radius 2 is 2.00 bits per heavy atom. The lowest BCUT2D eigenvalue weighted by atomic mass is 9.76. The number of sulfonamides is 1. The van der Waals surface area contributed by atoms with Crippen molar-refractivity contribution in [3.8, 4) is 0 Å². The quantitative estimate of drug-likeness (QED) is 0.637. The van der Waals surface area contributed by atoms with E-state index in [0.717, 1.165) is 18.2 Å². The van der Waals surface area contributed by atoms with Gasteiger partial charge in [-0.05, 0) is 38.0 Å². The number of nitrogens with zero attached hydrogens (tertiary/aromatic N) is 1. The van der Waals surface area contributed by atoms with Crippen LogP contribution in [0.4, 0.5) is 4.39 Å². The van der Waals surface area contributed by atoms with E-state index in [2.05, 4.69) is 0 Å². The summed E-state index contributed by atoms with van der Waals surface area (Å²) in [6.07, 6.45) is 0.0899. The average molecular weight is 402 g/mol. The van der Waals surface area contributed by atoms with Gasteiger partial charge < -0.3 is 19.8 Å². The highest BCUT2D eigenvalue weighted by Gasteiger charge is 2.49. The molecule has 3 rings (SSSR count). The monoisotopic (exact) mass is 402 g/mol. The second kappa shape index (κ2) is 6.78. The molecule has 1 aromatic carbocycles. The molecule has 2 fully saturated rings. The molecule has 0 unspecified atom stereocenters. The minimum absolute atomic E-state index is 0.00593. The molecule has 0 radical (unpaired) electrons. The average Bonchev–Trinajstić information content (AvgIpc) is 2.58. The number of rotatable bonds is 2. The molecule has 10 heteroatoms. The Kier molecular flexibility index (Phi) is 5.06. The first-order chi connectivity index (χ1) is 12.4. The van der Waals surface area contributed by atoms with E-state index >= 15 is 0 Å². The Bertz CT molecular complexity index is 849. The number of hydrogen-bond acceptors (Lipinski definition) is 6. The van der Waals surface area contributed by atoms with E-state index in [1.165, 1.54) is 4.90 Å². The van der Waals surface area contributed by atoms with E-state index in [4.69, 9.17) is 9.88 Å². The lowest BCUT2D eigenvalue weighted by Crippen LogP contribution is -2.59. The number of carbonyl (C=O) groups is 1. The zero-order chi connectivity index (χ0) is 20.0. The van der Waals surface area contributed by atoms with Crippen LogP contribution >= 0.6 is 0 Å². The smallest absolute Gasteiger partial charge is 0.256 e. The van der Waals surface area contributed by atoms with Gasteiger partial charge in [-0.25, -0.2) is 17.9 Å². The Morgan fingerprint density at radius 3 is 2.56 bits per heavy atom. The van der Waals surface area contributed by atoms with Crippen molar-refractivity contribution in [3.05, 3.63) is 29.6 Å². The largest absolute Gasteiger partial charge is 0.388 e. The molecule has 0 aliphatic carbocycles. The highest BCUT2D eigenvalue weighted by atomic mass is 32.2. The van der Waals surface area contributed by atoms with Crippen LogP contribution in [0, 0.1) is 5.82 Å². The van der Waals surface area contributed by atoms with E-state index in [-0.39, 0.29) is 36.6 Å². The van der Waals surface area contributed by atoms with Crippen LogP contribution in [0.15, 0.2) is 23.1 Å². The number of primary sulfonamides is 1. The van der Waals surface area contributed by atoms with E-state index in [9.17, 15) is 27.8 Å². The molecule has 2 aliphatic heterocycles. The maximum Gasteiger partial charge on any atom is 0.256 e. The van der Waals surface area contributed by atoms with Crippen LogP contribution in [0.5, 0.6) is 0 Å². The molecular weight excluding hydrogens is 379 g/mol. The summed E-state index contributed by atoms with van der Waals surface area (Å²) in [6, 6.07) is 2.85. The minimum Gasteiger partial charge on any atom is -0.388 e. The highest BCUT2D eigenvalue weighted by Crippen LogP contribution is 2.39. The van der Waals surface area contributed by atoms with Gasteiger partial charge in [0.2, 0.25) is 10.0 Å². The molecule has 1 aromatic rings. The molecule has 4 N–H and O–H groups in total. The number of carbonyl (C=O) groups excluding carboxylic acids is 1. The van der Waals surface area contributed by atoms with Crippen molar-refractivity contribution < 1.29 is 32.6 Å². The molecule has 2 saturated heterocycles. The molecule has 150 valence electrons. The molecule has 0 saturated carbocycles. The van der Waals surface area contributed by atoms with Gasteiger partial charge in [0.25, 0.3) is 5.91 Å². The van der Waals surface area contributed by atoms with Crippen LogP contribution in [0.25, 0.3) is 0 Å². The third-order valence-corrected chi connectivity index (χ3v) is 6.31. The number of likely N-dealkylation sites (tertiary alicyclic amines) is 1. The van der Waals surface area contributed by atoms with E-state index in [1.54, 1.807) is 6.92 Å². The van der Waals surface area contributed by atoms with Gasteiger partial charge in [-0.1, -0.05) is 0 Å². The van der Waals surface area contributed by atoms with E-state index < -0.39 is 39.1 Å². The van der Waals surface area contributed by atoms with Crippen molar-refractivity contribution in [1.82, 2.24) is 4.90 Å². The molecular formula is C17H23FN2O6S. The molecule has 0 aromatic heterocycles. The van der Waals surface area contributed by atoms with Gasteiger partial charge in [0.05, 0.1) is 28.3 Å². The number of aliphatic hydroxyl groups is 2. The van der Waals surface area contributed by atoms with Crippen molar-refractivity contribution in [2.24, 2.45) is 5.14 Å². The lowest BCUT2D eigenvalue weighted by Gasteiger charge is -2.49. The zero-order valence-corrected chi connectivity index (χ0v) is 15.7. The first-order valence-electron chi connectivity index (χ1n) is 8.60. The summed E-state index contributed by atoms with van der Waals surface area (Å²) in [5, 5.41) is 25.2. The van der Waals surface area contributed by atoms with Crippen molar-refractivity contribution in [3.63, 3.8) is 0 Å². The van der Waals surface area contributed by atoms with Gasteiger partial charge in [0, 0.05) is 19.5 Å². The molecule has 2 atom stereocenters. The van der Waals surface area contributed by atoms with E-state index in [1.807, 2.05) is 0 Å². The van der Waals surface area contributed by atoms with Gasteiger partial charge in [-0.3, -0.25) is 4.79 Å². The summed E-state index contributed by atoms with van der Waals surface area (Å²) in [6.45, 7) is 2.06. The molecule has 8 nitrogen and oxygen atoms in total. The predicted molar refractivity (Wildman–Crippen MR) is 92.8 cm³/mol. The molecule has 27 heavy (non-hydrogen) atoms. The lowest BCUT2D eigenvalue weighted by molar-refractivity contribution is -0.221. The second-order valence-corrected chi connectivity index (χ2v) is 9.08. The maximum absolute atomic E-state index is 14.1. The topological polar surface area (TPSA) is 130 Å². The van der Waals surface area contributed by atoms with Gasteiger partial charge in [0.1, 0.15) is 11.9 Å². The van der Waals surface area contributed by atoms with Crippen molar-refractivity contribution in [2.75, 3.05) is 19.7 Å². The van der Waals surface area contributed by atoms with Crippen LogP contribution in [-0.2, 0) is 14.8 Å². The molecule has 2 aliphatic rings. The third kappa shape index (κ3) is 3.99. The zero-order valence-electron chi connectivity index (χ0n) is 14.9. The van der Waals surface area contributed by atoms with Crippen LogP contribution in [-0.4, -0.2) is 66.4 Å². The number of halogens is 1. The molecule has 2 heterocycles. The Balaban J connectivity index is 1.74. The number of amides is 1. The fourth-order valence-corrected chi connectivity index (χ4v) is 4.25. The summed E-state index contributed by atoms with van der Waals surface area (Å²) in [4.78, 5) is 13.8. The number of ether oxygens (including phenoxy) is 1. The molecule has 0 bridgehead atoms. The van der Waals surface area contributed by atoms with Crippen molar-refractivity contribution >= 4 is 15.9 Å². The summed E-state index contributed by atoms with van der Waals surface area (Å²) in [5.74, 6) is -1.46. The fourth-order valence-electron chi connectivity index (χ4n) is 3.71. The standard InChI is InChI=1S/C17H23FN2O6S/c1-16(23)10-17(26-9-14(16)21)4-6-20(7-5-17)15(22)12-8-11(27(19,24)25)2-3-13(12)18/h2-3,8,14,21,23H,4-7,9-10H2,1H3,(H2,19,24,25)/t14-,16-/m0/s1.